The number of alkyl halides is 3. The molecule has 0 aliphatic heterocycles. The lowest BCUT2D eigenvalue weighted by Crippen LogP contribution is -2.24. The standard InChI is InChI=1S/C26H26F3N5O/c1-2-17-33-24(32-34(25(33)35)21-15-13-20(14-16-21)26(27,28)29)8-3-5-18-9-11-19(12-10-18)22-6-4-7-23(30)31-22/h4,6-7,9-16H,2-3,5,8,17H2,1H3,(H2,30,31). The van der Waals surface area contributed by atoms with Crippen LogP contribution in [-0.2, 0) is 25.6 Å². The van der Waals surface area contributed by atoms with Crippen molar-refractivity contribution in [3.05, 3.63) is 94.2 Å². The molecule has 0 saturated carbocycles. The highest BCUT2D eigenvalue weighted by atomic mass is 19.4. The van der Waals surface area contributed by atoms with Gasteiger partial charge in [0, 0.05) is 18.5 Å². The number of nitrogens with zero attached hydrogens (tertiary/aromatic N) is 4. The molecule has 9 heteroatoms. The number of anilines is 1. The van der Waals surface area contributed by atoms with Gasteiger partial charge in [-0.2, -0.15) is 17.9 Å². The Bertz CT molecular complexity index is 1340. The SMILES string of the molecule is CCCn1c(CCCc2ccc(-c3cccc(N)n3)cc2)nn(-c2ccc(C(F)(F)F)cc2)c1=O. The molecule has 0 unspecified atom stereocenters. The summed E-state index contributed by atoms with van der Waals surface area (Å²) in [6.07, 6.45) is -1.56. The van der Waals surface area contributed by atoms with Crippen LogP contribution in [0.3, 0.4) is 0 Å². The van der Waals surface area contributed by atoms with Crippen LogP contribution in [-0.4, -0.2) is 19.3 Å². The van der Waals surface area contributed by atoms with Crippen molar-refractivity contribution >= 4 is 5.82 Å². The summed E-state index contributed by atoms with van der Waals surface area (Å²) >= 11 is 0. The summed E-state index contributed by atoms with van der Waals surface area (Å²) in [4.78, 5) is 17.3. The van der Waals surface area contributed by atoms with Crippen LogP contribution in [0.5, 0.6) is 0 Å². The fraction of sp³-hybridized carbons (Fsp3) is 0.269. The van der Waals surface area contributed by atoms with Crippen LogP contribution in [0.4, 0.5) is 19.0 Å². The molecule has 0 amide bonds. The number of halogens is 3. The molecule has 0 aliphatic rings. The van der Waals surface area contributed by atoms with E-state index in [1.54, 1.807) is 10.6 Å². The predicted octanol–water partition coefficient (Wildman–Crippen LogP) is 5.28. The molecule has 0 atom stereocenters. The summed E-state index contributed by atoms with van der Waals surface area (Å²) in [6, 6.07) is 18.1. The van der Waals surface area contributed by atoms with Crippen LogP contribution < -0.4 is 11.4 Å². The summed E-state index contributed by atoms with van der Waals surface area (Å²) in [7, 11) is 0. The van der Waals surface area contributed by atoms with Gasteiger partial charge in [0.05, 0.1) is 16.9 Å². The maximum atomic E-state index is 12.9. The molecule has 2 heterocycles. The van der Waals surface area contributed by atoms with E-state index in [1.807, 2.05) is 43.3 Å². The fourth-order valence-electron chi connectivity index (χ4n) is 3.94. The summed E-state index contributed by atoms with van der Waals surface area (Å²) in [5.41, 5.74) is 7.90. The largest absolute Gasteiger partial charge is 0.416 e. The maximum absolute atomic E-state index is 12.9. The van der Waals surface area contributed by atoms with Crippen molar-refractivity contribution in [2.45, 2.75) is 45.3 Å². The van der Waals surface area contributed by atoms with Crippen LogP contribution in [0, 0.1) is 0 Å². The zero-order valence-corrected chi connectivity index (χ0v) is 19.3. The minimum Gasteiger partial charge on any atom is -0.384 e. The first kappa shape index (κ1) is 24.3. The Morgan fingerprint density at radius 1 is 0.943 bits per heavy atom. The van der Waals surface area contributed by atoms with E-state index in [2.05, 4.69) is 10.1 Å². The van der Waals surface area contributed by atoms with Crippen LogP contribution in [0.25, 0.3) is 16.9 Å². The number of rotatable bonds is 8. The fourth-order valence-corrected chi connectivity index (χ4v) is 3.94. The van der Waals surface area contributed by atoms with Gasteiger partial charge >= 0.3 is 11.9 Å². The Morgan fingerprint density at radius 3 is 2.29 bits per heavy atom. The number of pyridine rings is 1. The van der Waals surface area contributed by atoms with Crippen molar-refractivity contribution in [1.29, 1.82) is 0 Å². The number of aromatic nitrogens is 4. The average Bonchev–Trinajstić information content (AvgIpc) is 3.14. The molecule has 2 N–H and O–H groups in total. The van der Waals surface area contributed by atoms with Gasteiger partial charge in [0.1, 0.15) is 11.6 Å². The molecule has 0 fully saturated rings. The van der Waals surface area contributed by atoms with Crippen LogP contribution in [0.1, 0.15) is 36.7 Å². The summed E-state index contributed by atoms with van der Waals surface area (Å²) in [5, 5.41) is 4.45. The van der Waals surface area contributed by atoms with Gasteiger partial charge in [-0.15, -0.1) is 5.10 Å². The maximum Gasteiger partial charge on any atom is 0.416 e. The van der Waals surface area contributed by atoms with Gasteiger partial charge in [0.25, 0.3) is 0 Å². The second kappa shape index (κ2) is 10.2. The van der Waals surface area contributed by atoms with Gasteiger partial charge in [0.2, 0.25) is 0 Å². The van der Waals surface area contributed by atoms with Crippen molar-refractivity contribution in [2.24, 2.45) is 0 Å². The Morgan fingerprint density at radius 2 is 1.66 bits per heavy atom. The highest BCUT2D eigenvalue weighted by molar-refractivity contribution is 5.61. The van der Waals surface area contributed by atoms with Crippen LogP contribution >= 0.6 is 0 Å². The quantitative estimate of drug-likeness (QED) is 0.371. The van der Waals surface area contributed by atoms with E-state index >= 15 is 0 Å². The van der Waals surface area contributed by atoms with Gasteiger partial charge in [0.15, 0.2) is 0 Å². The topological polar surface area (TPSA) is 78.7 Å². The lowest BCUT2D eigenvalue weighted by Gasteiger charge is -2.07. The number of hydrogen-bond donors (Lipinski definition) is 1. The second-order valence-electron chi connectivity index (χ2n) is 8.31. The third kappa shape index (κ3) is 5.62. The molecule has 2 aromatic carbocycles. The summed E-state index contributed by atoms with van der Waals surface area (Å²) in [5.74, 6) is 1.10. The van der Waals surface area contributed by atoms with E-state index in [0.717, 1.165) is 48.2 Å². The molecular formula is C26H26F3N5O. The second-order valence-corrected chi connectivity index (χ2v) is 8.31. The Balaban J connectivity index is 1.47. The molecule has 0 saturated heterocycles. The van der Waals surface area contributed by atoms with Crippen molar-refractivity contribution in [1.82, 2.24) is 19.3 Å². The van der Waals surface area contributed by atoms with Crippen LogP contribution in [0.15, 0.2) is 71.5 Å². The van der Waals surface area contributed by atoms with Gasteiger partial charge in [-0.3, -0.25) is 4.57 Å². The first-order valence-electron chi connectivity index (χ1n) is 11.4. The smallest absolute Gasteiger partial charge is 0.384 e. The van der Waals surface area contributed by atoms with E-state index in [-0.39, 0.29) is 5.69 Å². The zero-order valence-electron chi connectivity index (χ0n) is 19.3. The minimum absolute atomic E-state index is 0.310. The molecule has 0 bridgehead atoms. The molecule has 6 nitrogen and oxygen atoms in total. The minimum atomic E-state index is -4.43. The summed E-state index contributed by atoms with van der Waals surface area (Å²) < 4.78 is 41.4. The third-order valence-corrected chi connectivity index (χ3v) is 5.71. The molecule has 0 spiro atoms. The Hall–Kier alpha value is -3.88. The number of nitrogen functional groups attached to an aromatic ring is 1. The zero-order chi connectivity index (χ0) is 25.0. The first-order chi connectivity index (χ1) is 16.8. The highest BCUT2D eigenvalue weighted by Crippen LogP contribution is 2.29. The number of nitrogens with two attached hydrogens (primary N) is 1. The van der Waals surface area contributed by atoms with E-state index in [9.17, 15) is 18.0 Å². The van der Waals surface area contributed by atoms with E-state index in [4.69, 9.17) is 5.73 Å². The summed E-state index contributed by atoms with van der Waals surface area (Å²) in [6.45, 7) is 2.46. The van der Waals surface area contributed by atoms with Gasteiger partial charge in [-0.05, 0) is 61.2 Å². The molecule has 4 aromatic rings. The number of benzene rings is 2. The molecular weight excluding hydrogens is 455 g/mol. The van der Waals surface area contributed by atoms with E-state index in [1.165, 1.54) is 16.8 Å². The van der Waals surface area contributed by atoms with Gasteiger partial charge < -0.3 is 5.73 Å². The third-order valence-electron chi connectivity index (χ3n) is 5.71. The van der Waals surface area contributed by atoms with Crippen molar-refractivity contribution in [3.8, 4) is 16.9 Å². The number of hydrogen-bond acceptors (Lipinski definition) is 4. The lowest BCUT2D eigenvalue weighted by atomic mass is 10.0. The van der Waals surface area contributed by atoms with Crippen molar-refractivity contribution in [3.63, 3.8) is 0 Å². The Labute approximate surface area is 200 Å². The first-order valence-corrected chi connectivity index (χ1v) is 11.4. The monoisotopic (exact) mass is 481 g/mol. The van der Waals surface area contributed by atoms with Gasteiger partial charge in [-0.25, -0.2) is 9.78 Å². The van der Waals surface area contributed by atoms with E-state index in [0.29, 0.717) is 30.3 Å². The average molecular weight is 482 g/mol. The molecule has 35 heavy (non-hydrogen) atoms. The predicted molar refractivity (Wildman–Crippen MR) is 129 cm³/mol. The van der Waals surface area contributed by atoms with Gasteiger partial charge in [-0.1, -0.05) is 37.3 Å². The molecule has 0 radical (unpaired) electrons. The normalized spacial score (nSPS) is 11.7. The van der Waals surface area contributed by atoms with Crippen molar-refractivity contribution < 1.29 is 13.2 Å². The molecule has 2 aromatic heterocycles. The molecule has 0 aliphatic carbocycles. The van der Waals surface area contributed by atoms with Crippen molar-refractivity contribution in [2.75, 3.05) is 5.73 Å². The van der Waals surface area contributed by atoms with E-state index < -0.39 is 11.7 Å². The molecule has 4 rings (SSSR count). The number of aryl methyl sites for hydroxylation is 2. The Kier molecular flexibility index (Phi) is 7.04. The highest BCUT2D eigenvalue weighted by Gasteiger charge is 2.30. The van der Waals surface area contributed by atoms with Crippen LogP contribution in [0.2, 0.25) is 0 Å². The lowest BCUT2D eigenvalue weighted by molar-refractivity contribution is -0.137. The molecule has 182 valence electrons.